The number of hydrogen-bond donors (Lipinski definition) is 1. The summed E-state index contributed by atoms with van der Waals surface area (Å²) in [5.41, 5.74) is -0.0107. The quantitative estimate of drug-likeness (QED) is 0.677. The number of likely N-dealkylation sites (N-methyl/N-ethyl adjacent to an activating group) is 1. The van der Waals surface area contributed by atoms with E-state index in [-0.39, 0.29) is 11.4 Å². The fourth-order valence-corrected chi connectivity index (χ4v) is 1.02. The van der Waals surface area contributed by atoms with Gasteiger partial charge in [0.25, 0.3) is 0 Å². The Morgan fingerprint density at radius 2 is 2.07 bits per heavy atom. The van der Waals surface area contributed by atoms with Crippen molar-refractivity contribution in [1.82, 2.24) is 10.2 Å². The molecule has 0 aliphatic heterocycles. The van der Waals surface area contributed by atoms with E-state index >= 15 is 0 Å². The Bertz CT molecular complexity index is 194. The Labute approximate surface area is 87.2 Å². The van der Waals surface area contributed by atoms with Crippen molar-refractivity contribution in [3.8, 4) is 0 Å². The summed E-state index contributed by atoms with van der Waals surface area (Å²) in [6, 6.07) is 0. The van der Waals surface area contributed by atoms with Crippen LogP contribution in [0.2, 0.25) is 0 Å². The maximum Gasteiger partial charge on any atom is 0.236 e. The van der Waals surface area contributed by atoms with Gasteiger partial charge in [0.1, 0.15) is 0 Å². The predicted molar refractivity (Wildman–Crippen MR) is 60.2 cm³/mol. The highest BCUT2D eigenvalue weighted by Crippen LogP contribution is 1.98. The van der Waals surface area contributed by atoms with Crippen LogP contribution in [-0.2, 0) is 4.79 Å². The largest absolute Gasteiger partial charge is 0.338 e. The molecule has 0 aliphatic rings. The molecule has 0 saturated carbocycles. The summed E-state index contributed by atoms with van der Waals surface area (Å²) < 4.78 is 0. The maximum absolute atomic E-state index is 11.6. The van der Waals surface area contributed by atoms with Crippen molar-refractivity contribution >= 4 is 5.91 Å². The van der Waals surface area contributed by atoms with Crippen LogP contribution in [-0.4, -0.2) is 36.0 Å². The van der Waals surface area contributed by atoms with Crippen LogP contribution in [0.1, 0.15) is 27.7 Å². The molecule has 3 nitrogen and oxygen atoms in total. The Kier molecular flexibility index (Phi) is 5.46. The van der Waals surface area contributed by atoms with Gasteiger partial charge in [-0.3, -0.25) is 4.79 Å². The smallest absolute Gasteiger partial charge is 0.236 e. The monoisotopic (exact) mass is 198 g/mol. The number of nitrogens with one attached hydrogen (secondary N) is 1. The number of carbonyl (C=O) groups is 1. The van der Waals surface area contributed by atoms with Crippen molar-refractivity contribution in [1.29, 1.82) is 0 Å². The summed E-state index contributed by atoms with van der Waals surface area (Å²) in [5.74, 6) is 0.127. The number of rotatable bonds is 5. The number of amides is 1. The lowest BCUT2D eigenvalue weighted by Crippen LogP contribution is -2.44. The summed E-state index contributed by atoms with van der Waals surface area (Å²) in [4.78, 5) is 13.4. The van der Waals surface area contributed by atoms with Crippen molar-refractivity contribution in [2.45, 2.75) is 33.2 Å². The van der Waals surface area contributed by atoms with Crippen LogP contribution in [0.15, 0.2) is 12.7 Å². The van der Waals surface area contributed by atoms with E-state index in [2.05, 4.69) is 11.9 Å². The van der Waals surface area contributed by atoms with Gasteiger partial charge in [0.05, 0.1) is 6.54 Å². The lowest BCUT2D eigenvalue weighted by molar-refractivity contribution is -0.129. The molecule has 0 aromatic carbocycles. The van der Waals surface area contributed by atoms with Crippen molar-refractivity contribution < 1.29 is 4.79 Å². The Morgan fingerprint density at radius 3 is 2.43 bits per heavy atom. The molecule has 0 bridgehead atoms. The minimum Gasteiger partial charge on any atom is -0.338 e. The van der Waals surface area contributed by atoms with Crippen molar-refractivity contribution in [2.24, 2.45) is 0 Å². The van der Waals surface area contributed by atoms with Gasteiger partial charge in [-0.15, -0.1) is 6.58 Å². The highest BCUT2D eigenvalue weighted by molar-refractivity contribution is 5.78. The molecule has 0 unspecified atom stereocenters. The Balaban J connectivity index is 3.98. The van der Waals surface area contributed by atoms with Crippen LogP contribution < -0.4 is 5.32 Å². The maximum atomic E-state index is 11.6. The van der Waals surface area contributed by atoms with Gasteiger partial charge in [0.2, 0.25) is 5.91 Å². The van der Waals surface area contributed by atoms with E-state index < -0.39 is 0 Å². The fourth-order valence-electron chi connectivity index (χ4n) is 1.02. The first-order chi connectivity index (χ1) is 6.40. The topological polar surface area (TPSA) is 32.3 Å². The molecule has 14 heavy (non-hydrogen) atoms. The molecule has 0 fully saturated rings. The van der Waals surface area contributed by atoms with Crippen molar-refractivity contribution in [3.05, 3.63) is 12.7 Å². The van der Waals surface area contributed by atoms with Gasteiger partial charge >= 0.3 is 0 Å². The SMILES string of the molecule is C=CCN(CC)C(=O)CNC(C)(C)C. The second-order valence-corrected chi connectivity index (χ2v) is 4.32. The molecular weight excluding hydrogens is 176 g/mol. The first kappa shape index (κ1) is 13.2. The van der Waals surface area contributed by atoms with E-state index in [1.54, 1.807) is 11.0 Å². The third-order valence-corrected chi connectivity index (χ3v) is 1.85. The van der Waals surface area contributed by atoms with E-state index in [0.717, 1.165) is 6.54 Å². The van der Waals surface area contributed by atoms with E-state index in [9.17, 15) is 4.79 Å². The summed E-state index contributed by atoms with van der Waals surface area (Å²) >= 11 is 0. The average Bonchev–Trinajstić information content (AvgIpc) is 2.09. The third-order valence-electron chi connectivity index (χ3n) is 1.85. The molecule has 0 saturated heterocycles. The number of carbonyl (C=O) groups excluding carboxylic acids is 1. The second kappa shape index (κ2) is 5.81. The number of hydrogen-bond acceptors (Lipinski definition) is 2. The third kappa shape index (κ3) is 5.75. The molecule has 0 atom stereocenters. The van der Waals surface area contributed by atoms with E-state index in [4.69, 9.17) is 0 Å². The molecule has 1 amide bonds. The summed E-state index contributed by atoms with van der Waals surface area (Å²) in [6.45, 7) is 13.5. The van der Waals surface area contributed by atoms with E-state index in [1.807, 2.05) is 27.7 Å². The standard InChI is InChI=1S/C11H22N2O/c1-6-8-13(7-2)10(14)9-12-11(3,4)5/h6,12H,1,7-9H2,2-5H3. The van der Waals surface area contributed by atoms with Crippen LogP contribution >= 0.6 is 0 Å². The van der Waals surface area contributed by atoms with Crippen molar-refractivity contribution in [3.63, 3.8) is 0 Å². The summed E-state index contributed by atoms with van der Waals surface area (Å²) in [5, 5.41) is 3.17. The average molecular weight is 198 g/mol. The van der Waals surface area contributed by atoms with Gasteiger partial charge in [-0.25, -0.2) is 0 Å². The minimum atomic E-state index is -0.0107. The lowest BCUT2D eigenvalue weighted by atomic mass is 10.1. The molecule has 0 aromatic heterocycles. The van der Waals surface area contributed by atoms with Gasteiger partial charge < -0.3 is 10.2 Å². The summed E-state index contributed by atoms with van der Waals surface area (Å²) in [6.07, 6.45) is 1.75. The highest BCUT2D eigenvalue weighted by atomic mass is 16.2. The van der Waals surface area contributed by atoms with Gasteiger partial charge in [0, 0.05) is 18.6 Å². The second-order valence-electron chi connectivity index (χ2n) is 4.32. The van der Waals surface area contributed by atoms with Gasteiger partial charge in [-0.2, -0.15) is 0 Å². The van der Waals surface area contributed by atoms with Crippen LogP contribution in [0.25, 0.3) is 0 Å². The fraction of sp³-hybridized carbons (Fsp3) is 0.727. The molecule has 82 valence electrons. The molecule has 0 aliphatic carbocycles. The predicted octanol–water partition coefficient (Wildman–Crippen LogP) is 1.41. The lowest BCUT2D eigenvalue weighted by Gasteiger charge is -2.24. The molecule has 0 spiro atoms. The van der Waals surface area contributed by atoms with Gasteiger partial charge in [-0.05, 0) is 27.7 Å². The van der Waals surface area contributed by atoms with E-state index in [0.29, 0.717) is 13.1 Å². The first-order valence-corrected chi connectivity index (χ1v) is 5.04. The molecule has 0 heterocycles. The zero-order chi connectivity index (χ0) is 11.2. The zero-order valence-electron chi connectivity index (χ0n) is 9.76. The van der Waals surface area contributed by atoms with E-state index in [1.165, 1.54) is 0 Å². The summed E-state index contributed by atoms with van der Waals surface area (Å²) in [7, 11) is 0. The van der Waals surface area contributed by atoms with Crippen LogP contribution in [0.3, 0.4) is 0 Å². The van der Waals surface area contributed by atoms with Crippen molar-refractivity contribution in [2.75, 3.05) is 19.6 Å². The number of nitrogens with zero attached hydrogens (tertiary/aromatic N) is 1. The first-order valence-electron chi connectivity index (χ1n) is 5.04. The van der Waals surface area contributed by atoms with Crippen LogP contribution in [0.4, 0.5) is 0 Å². The zero-order valence-corrected chi connectivity index (χ0v) is 9.76. The Hall–Kier alpha value is -0.830. The minimum absolute atomic E-state index is 0.0107. The van der Waals surface area contributed by atoms with Gasteiger partial charge in [0.15, 0.2) is 0 Å². The highest BCUT2D eigenvalue weighted by Gasteiger charge is 2.14. The Morgan fingerprint density at radius 1 is 1.50 bits per heavy atom. The molecule has 3 heteroatoms. The van der Waals surface area contributed by atoms with Gasteiger partial charge in [-0.1, -0.05) is 6.08 Å². The molecule has 1 N–H and O–H groups in total. The van der Waals surface area contributed by atoms with Crippen LogP contribution in [0, 0.1) is 0 Å². The van der Waals surface area contributed by atoms with Crippen LogP contribution in [0.5, 0.6) is 0 Å². The molecular formula is C11H22N2O. The molecule has 0 aromatic rings. The normalized spacial score (nSPS) is 11.1. The molecule has 0 radical (unpaired) electrons. The molecule has 0 rings (SSSR count).